The van der Waals surface area contributed by atoms with Gasteiger partial charge in [-0.05, 0) is 6.42 Å². The van der Waals surface area contributed by atoms with Gasteiger partial charge < -0.3 is 0 Å². The third-order valence-electron chi connectivity index (χ3n) is 1.51. The zero-order chi connectivity index (χ0) is 8.91. The van der Waals surface area contributed by atoms with E-state index in [1.165, 1.54) is 11.4 Å². The second-order valence-corrected chi connectivity index (χ2v) is 4.23. The molecular formula is C6H16N2O2S. The fourth-order valence-corrected chi connectivity index (χ4v) is 1.10. The highest BCUT2D eigenvalue weighted by Gasteiger charge is 2.09. The molecule has 68 valence electrons. The summed E-state index contributed by atoms with van der Waals surface area (Å²) >= 11 is 0. The molecule has 0 aromatic heterocycles. The van der Waals surface area contributed by atoms with E-state index in [4.69, 9.17) is 5.14 Å². The molecule has 0 aliphatic heterocycles. The van der Waals surface area contributed by atoms with Crippen LogP contribution in [0.1, 0.15) is 26.2 Å². The Morgan fingerprint density at radius 1 is 1.36 bits per heavy atom. The fourth-order valence-electron chi connectivity index (χ4n) is 0.712. The summed E-state index contributed by atoms with van der Waals surface area (Å²) in [6.07, 6.45) is 3.00. The molecule has 0 unspecified atom stereocenters. The summed E-state index contributed by atoms with van der Waals surface area (Å²) in [5, 5.41) is 4.86. The maximum absolute atomic E-state index is 10.6. The van der Waals surface area contributed by atoms with E-state index in [1.54, 1.807) is 0 Å². The number of nitrogens with zero attached hydrogens (tertiary/aromatic N) is 1. The zero-order valence-corrected chi connectivity index (χ0v) is 7.89. The van der Waals surface area contributed by atoms with Gasteiger partial charge in [0.05, 0.1) is 0 Å². The first-order valence-corrected chi connectivity index (χ1v) is 5.23. The molecule has 0 spiro atoms. The lowest BCUT2D eigenvalue weighted by molar-refractivity contribution is 0.455. The van der Waals surface area contributed by atoms with Crippen molar-refractivity contribution < 1.29 is 8.42 Å². The second kappa shape index (κ2) is 4.69. The van der Waals surface area contributed by atoms with Gasteiger partial charge in [-0.1, -0.05) is 19.8 Å². The molecule has 0 atom stereocenters. The number of nitrogens with two attached hydrogens (primary N) is 1. The normalized spacial score (nSPS) is 12.4. The van der Waals surface area contributed by atoms with E-state index in [0.29, 0.717) is 6.54 Å². The van der Waals surface area contributed by atoms with Gasteiger partial charge in [-0.15, -0.1) is 0 Å². The Balaban J connectivity index is 3.62. The molecule has 11 heavy (non-hydrogen) atoms. The van der Waals surface area contributed by atoms with Crippen LogP contribution in [0.2, 0.25) is 0 Å². The quantitative estimate of drug-likeness (QED) is 0.619. The van der Waals surface area contributed by atoms with E-state index in [2.05, 4.69) is 6.92 Å². The van der Waals surface area contributed by atoms with E-state index in [9.17, 15) is 8.42 Å². The van der Waals surface area contributed by atoms with Crippen molar-refractivity contribution in [3.8, 4) is 0 Å². The monoisotopic (exact) mass is 180 g/mol. The third-order valence-corrected chi connectivity index (χ3v) is 2.56. The minimum absolute atomic E-state index is 0.521. The number of hydrogen-bond donors (Lipinski definition) is 1. The molecule has 0 aromatic rings. The molecule has 0 heterocycles. The van der Waals surface area contributed by atoms with Crippen molar-refractivity contribution in [2.24, 2.45) is 5.14 Å². The smallest absolute Gasteiger partial charge is 0.216 e. The Hall–Kier alpha value is -0.130. The van der Waals surface area contributed by atoms with Crippen molar-refractivity contribution in [2.45, 2.75) is 26.2 Å². The summed E-state index contributed by atoms with van der Waals surface area (Å²) in [7, 11) is -1.96. The average Bonchev–Trinajstić information content (AvgIpc) is 1.86. The van der Waals surface area contributed by atoms with Gasteiger partial charge in [0.2, 0.25) is 0 Å². The average molecular weight is 180 g/mol. The van der Waals surface area contributed by atoms with Crippen LogP contribution in [0.5, 0.6) is 0 Å². The molecule has 2 N–H and O–H groups in total. The molecule has 0 aliphatic carbocycles. The van der Waals surface area contributed by atoms with E-state index in [-0.39, 0.29) is 0 Å². The Bertz CT molecular complexity index is 189. The van der Waals surface area contributed by atoms with Crippen LogP contribution in [0.15, 0.2) is 0 Å². The molecule has 0 aromatic carbocycles. The summed E-state index contributed by atoms with van der Waals surface area (Å²) in [6.45, 7) is 2.59. The molecule has 5 heteroatoms. The second-order valence-electron chi connectivity index (χ2n) is 2.57. The SMILES string of the molecule is CCCCCN(C)S(N)(=O)=O. The van der Waals surface area contributed by atoms with Crippen LogP contribution in [-0.4, -0.2) is 26.3 Å². The summed E-state index contributed by atoms with van der Waals surface area (Å²) in [4.78, 5) is 0. The van der Waals surface area contributed by atoms with E-state index >= 15 is 0 Å². The lowest BCUT2D eigenvalue weighted by atomic mass is 10.2. The van der Waals surface area contributed by atoms with E-state index < -0.39 is 10.2 Å². The Labute approximate surface area is 68.6 Å². The molecule has 0 fully saturated rings. The number of unbranched alkanes of at least 4 members (excludes halogenated alkanes) is 2. The van der Waals surface area contributed by atoms with Crippen molar-refractivity contribution in [1.29, 1.82) is 0 Å². The van der Waals surface area contributed by atoms with Crippen LogP contribution >= 0.6 is 0 Å². The van der Waals surface area contributed by atoms with Gasteiger partial charge in [0, 0.05) is 13.6 Å². The van der Waals surface area contributed by atoms with Crippen molar-refractivity contribution in [1.82, 2.24) is 4.31 Å². The maximum Gasteiger partial charge on any atom is 0.276 e. The molecule has 0 saturated carbocycles. The largest absolute Gasteiger partial charge is 0.276 e. The minimum atomic E-state index is -3.45. The standard InChI is InChI=1S/C6H16N2O2S/c1-3-4-5-6-8(2)11(7,9)10/h3-6H2,1-2H3,(H2,7,9,10). The first-order valence-electron chi connectivity index (χ1n) is 3.72. The van der Waals surface area contributed by atoms with Crippen molar-refractivity contribution in [3.05, 3.63) is 0 Å². The minimum Gasteiger partial charge on any atom is -0.216 e. The van der Waals surface area contributed by atoms with Gasteiger partial charge in [-0.2, -0.15) is 12.7 Å². The van der Waals surface area contributed by atoms with Gasteiger partial charge in [-0.3, -0.25) is 0 Å². The van der Waals surface area contributed by atoms with Crippen LogP contribution in [0.4, 0.5) is 0 Å². The topological polar surface area (TPSA) is 63.4 Å². The third kappa shape index (κ3) is 5.17. The Morgan fingerprint density at radius 2 is 1.91 bits per heavy atom. The van der Waals surface area contributed by atoms with Crippen LogP contribution < -0.4 is 5.14 Å². The first-order chi connectivity index (χ1) is 4.98. The summed E-state index contributed by atoms with van der Waals surface area (Å²) in [5.74, 6) is 0. The summed E-state index contributed by atoms with van der Waals surface area (Å²) in [6, 6.07) is 0. The molecule has 0 rings (SSSR count). The van der Waals surface area contributed by atoms with Crippen molar-refractivity contribution >= 4 is 10.2 Å². The van der Waals surface area contributed by atoms with E-state index in [0.717, 1.165) is 19.3 Å². The van der Waals surface area contributed by atoms with Crippen molar-refractivity contribution in [2.75, 3.05) is 13.6 Å². The lowest BCUT2D eigenvalue weighted by Gasteiger charge is -2.12. The zero-order valence-electron chi connectivity index (χ0n) is 7.08. The molecular weight excluding hydrogens is 164 g/mol. The van der Waals surface area contributed by atoms with Gasteiger partial charge in [-0.25, -0.2) is 5.14 Å². The Morgan fingerprint density at radius 3 is 2.27 bits per heavy atom. The van der Waals surface area contributed by atoms with Crippen LogP contribution in [0.25, 0.3) is 0 Å². The maximum atomic E-state index is 10.6. The first kappa shape index (κ1) is 10.9. The van der Waals surface area contributed by atoms with Crippen LogP contribution in [0, 0.1) is 0 Å². The highest BCUT2D eigenvalue weighted by atomic mass is 32.2. The van der Waals surface area contributed by atoms with Crippen LogP contribution in [0.3, 0.4) is 0 Å². The fraction of sp³-hybridized carbons (Fsp3) is 1.00. The van der Waals surface area contributed by atoms with Gasteiger partial charge in [0.1, 0.15) is 0 Å². The predicted octanol–water partition coefficient (Wildman–Crippen LogP) is 0.312. The summed E-state index contributed by atoms with van der Waals surface area (Å²) in [5.41, 5.74) is 0. The molecule has 0 radical (unpaired) electrons. The Kier molecular flexibility index (Phi) is 4.63. The summed E-state index contributed by atoms with van der Waals surface area (Å²) < 4.78 is 22.4. The molecule has 0 aliphatic rings. The van der Waals surface area contributed by atoms with E-state index in [1.807, 2.05) is 0 Å². The predicted molar refractivity (Wildman–Crippen MR) is 45.3 cm³/mol. The number of rotatable bonds is 5. The van der Waals surface area contributed by atoms with Crippen molar-refractivity contribution in [3.63, 3.8) is 0 Å². The van der Waals surface area contributed by atoms with Gasteiger partial charge in [0.15, 0.2) is 0 Å². The lowest BCUT2D eigenvalue weighted by Crippen LogP contribution is -2.33. The molecule has 4 nitrogen and oxygen atoms in total. The number of hydrogen-bond acceptors (Lipinski definition) is 2. The highest BCUT2D eigenvalue weighted by molar-refractivity contribution is 7.86. The molecule has 0 saturated heterocycles. The molecule has 0 bridgehead atoms. The van der Waals surface area contributed by atoms with Gasteiger partial charge >= 0.3 is 0 Å². The highest BCUT2D eigenvalue weighted by Crippen LogP contribution is 1.97. The molecule has 0 amide bonds. The van der Waals surface area contributed by atoms with Gasteiger partial charge in [0.25, 0.3) is 10.2 Å². The van der Waals surface area contributed by atoms with Crippen LogP contribution in [-0.2, 0) is 10.2 Å².